The summed E-state index contributed by atoms with van der Waals surface area (Å²) in [5.74, 6) is 1.20. The van der Waals surface area contributed by atoms with Crippen LogP contribution in [0.3, 0.4) is 0 Å². The van der Waals surface area contributed by atoms with E-state index >= 15 is 0 Å². The standard InChI is InChI=1S/C14H17N5OS2/c1-10-7-22-14(17-10)18-12(20)8-21-13-6-11(15-9-16-13)19-4-2-3-5-19/h6-7,9H,2-5,8H2,1H3,(H,17,18,20). The fourth-order valence-corrected chi connectivity index (χ4v) is 3.60. The lowest BCUT2D eigenvalue weighted by Crippen LogP contribution is -2.19. The first-order chi connectivity index (χ1) is 10.7. The van der Waals surface area contributed by atoms with Crippen LogP contribution in [0, 0.1) is 6.92 Å². The Morgan fingerprint density at radius 3 is 2.95 bits per heavy atom. The topological polar surface area (TPSA) is 71.0 Å². The van der Waals surface area contributed by atoms with Crippen molar-refractivity contribution < 1.29 is 4.79 Å². The van der Waals surface area contributed by atoms with E-state index in [4.69, 9.17) is 0 Å². The maximum absolute atomic E-state index is 11.9. The first-order valence-corrected chi connectivity index (χ1v) is 8.99. The number of thioether (sulfide) groups is 1. The number of carbonyl (C=O) groups excluding carboxylic acids is 1. The zero-order chi connectivity index (χ0) is 15.4. The van der Waals surface area contributed by atoms with Crippen molar-refractivity contribution in [3.8, 4) is 0 Å². The second-order valence-electron chi connectivity index (χ2n) is 5.04. The molecule has 0 spiro atoms. The molecular formula is C14H17N5OS2. The molecule has 1 N–H and O–H groups in total. The number of carbonyl (C=O) groups is 1. The van der Waals surface area contributed by atoms with Gasteiger partial charge in [-0.3, -0.25) is 4.79 Å². The molecule has 1 saturated heterocycles. The number of thiazole rings is 1. The zero-order valence-corrected chi connectivity index (χ0v) is 13.9. The zero-order valence-electron chi connectivity index (χ0n) is 12.3. The van der Waals surface area contributed by atoms with Gasteiger partial charge in [-0.1, -0.05) is 11.8 Å². The molecule has 3 heterocycles. The van der Waals surface area contributed by atoms with Crippen LogP contribution in [0.15, 0.2) is 22.8 Å². The van der Waals surface area contributed by atoms with E-state index in [1.807, 2.05) is 18.4 Å². The second-order valence-corrected chi connectivity index (χ2v) is 6.89. The molecule has 22 heavy (non-hydrogen) atoms. The first kappa shape index (κ1) is 15.2. The molecule has 0 bridgehead atoms. The molecule has 0 saturated carbocycles. The molecule has 0 radical (unpaired) electrons. The fourth-order valence-electron chi connectivity index (χ4n) is 2.23. The van der Waals surface area contributed by atoms with Gasteiger partial charge in [0.2, 0.25) is 5.91 Å². The van der Waals surface area contributed by atoms with E-state index in [1.54, 1.807) is 6.33 Å². The summed E-state index contributed by atoms with van der Waals surface area (Å²) in [5, 5.41) is 6.17. The second kappa shape index (κ2) is 7.06. The van der Waals surface area contributed by atoms with Gasteiger partial charge in [0.1, 0.15) is 17.2 Å². The molecule has 0 aromatic carbocycles. The Labute approximate surface area is 137 Å². The van der Waals surface area contributed by atoms with Crippen molar-refractivity contribution in [2.24, 2.45) is 0 Å². The first-order valence-electron chi connectivity index (χ1n) is 7.12. The molecule has 2 aromatic rings. The van der Waals surface area contributed by atoms with Gasteiger partial charge in [0.25, 0.3) is 0 Å². The molecule has 116 valence electrons. The Balaban J connectivity index is 1.54. The SMILES string of the molecule is Cc1csc(NC(=O)CSc2cc(N3CCCC3)ncn2)n1. The predicted molar refractivity (Wildman–Crippen MR) is 89.7 cm³/mol. The van der Waals surface area contributed by atoms with Gasteiger partial charge in [-0.15, -0.1) is 11.3 Å². The third-order valence-electron chi connectivity index (χ3n) is 3.27. The molecule has 8 heteroatoms. The molecule has 1 fully saturated rings. The van der Waals surface area contributed by atoms with Crippen molar-refractivity contribution in [3.05, 3.63) is 23.5 Å². The van der Waals surface area contributed by atoms with Gasteiger partial charge in [-0.05, 0) is 19.8 Å². The van der Waals surface area contributed by atoms with Crippen LogP contribution in [0.2, 0.25) is 0 Å². The summed E-state index contributed by atoms with van der Waals surface area (Å²) in [6.07, 6.45) is 3.99. The monoisotopic (exact) mass is 335 g/mol. The van der Waals surface area contributed by atoms with Crippen molar-refractivity contribution in [2.75, 3.05) is 29.1 Å². The van der Waals surface area contributed by atoms with E-state index in [-0.39, 0.29) is 5.91 Å². The Hall–Kier alpha value is -1.67. The van der Waals surface area contributed by atoms with E-state index in [1.165, 1.54) is 35.9 Å². The molecule has 2 aromatic heterocycles. The van der Waals surface area contributed by atoms with Crippen LogP contribution in [0.5, 0.6) is 0 Å². The Bertz CT molecular complexity index is 654. The van der Waals surface area contributed by atoms with E-state index in [0.29, 0.717) is 10.9 Å². The summed E-state index contributed by atoms with van der Waals surface area (Å²) in [7, 11) is 0. The Morgan fingerprint density at radius 1 is 1.41 bits per heavy atom. The number of hydrogen-bond acceptors (Lipinski definition) is 7. The average Bonchev–Trinajstić information content (AvgIpc) is 3.17. The third-order valence-corrected chi connectivity index (χ3v) is 5.08. The van der Waals surface area contributed by atoms with E-state index in [2.05, 4.69) is 25.2 Å². The van der Waals surface area contributed by atoms with Gasteiger partial charge in [0, 0.05) is 24.5 Å². The summed E-state index contributed by atoms with van der Waals surface area (Å²) >= 11 is 2.85. The number of nitrogens with zero attached hydrogens (tertiary/aromatic N) is 4. The van der Waals surface area contributed by atoms with Crippen LogP contribution in [0.4, 0.5) is 10.9 Å². The molecule has 6 nitrogen and oxygen atoms in total. The van der Waals surface area contributed by atoms with Crippen LogP contribution in [0.1, 0.15) is 18.5 Å². The van der Waals surface area contributed by atoms with Crippen molar-refractivity contribution in [1.29, 1.82) is 0 Å². The summed E-state index contributed by atoms with van der Waals surface area (Å²) < 4.78 is 0. The number of nitrogens with one attached hydrogen (secondary N) is 1. The summed E-state index contributed by atoms with van der Waals surface area (Å²) in [4.78, 5) is 26.9. The smallest absolute Gasteiger partial charge is 0.236 e. The normalized spacial score (nSPS) is 14.3. The molecule has 1 amide bonds. The van der Waals surface area contributed by atoms with Gasteiger partial charge >= 0.3 is 0 Å². The van der Waals surface area contributed by atoms with Crippen LogP contribution >= 0.6 is 23.1 Å². The number of hydrogen-bond donors (Lipinski definition) is 1. The minimum Gasteiger partial charge on any atom is -0.356 e. The van der Waals surface area contributed by atoms with Crippen molar-refractivity contribution in [3.63, 3.8) is 0 Å². The molecular weight excluding hydrogens is 318 g/mol. The summed E-state index contributed by atoms with van der Waals surface area (Å²) in [5.41, 5.74) is 0.916. The van der Waals surface area contributed by atoms with E-state index in [0.717, 1.165) is 29.6 Å². The molecule has 0 aliphatic carbocycles. The molecule has 0 atom stereocenters. The third kappa shape index (κ3) is 3.95. The summed E-state index contributed by atoms with van der Waals surface area (Å²) in [6.45, 7) is 4.00. The van der Waals surface area contributed by atoms with Gasteiger partial charge in [0.15, 0.2) is 5.13 Å². The lowest BCUT2D eigenvalue weighted by Gasteiger charge is -2.16. The maximum Gasteiger partial charge on any atom is 0.236 e. The Morgan fingerprint density at radius 2 is 2.23 bits per heavy atom. The highest BCUT2D eigenvalue weighted by Crippen LogP contribution is 2.23. The largest absolute Gasteiger partial charge is 0.356 e. The van der Waals surface area contributed by atoms with Gasteiger partial charge in [-0.2, -0.15) is 0 Å². The van der Waals surface area contributed by atoms with Crippen molar-refractivity contribution in [2.45, 2.75) is 24.8 Å². The van der Waals surface area contributed by atoms with Crippen LogP contribution in [-0.4, -0.2) is 39.7 Å². The van der Waals surface area contributed by atoms with E-state index < -0.39 is 0 Å². The average molecular weight is 335 g/mol. The van der Waals surface area contributed by atoms with E-state index in [9.17, 15) is 4.79 Å². The molecule has 1 aliphatic rings. The quantitative estimate of drug-likeness (QED) is 0.669. The minimum atomic E-state index is -0.0688. The molecule has 3 rings (SSSR count). The van der Waals surface area contributed by atoms with Gasteiger partial charge in [-0.25, -0.2) is 15.0 Å². The number of amides is 1. The fraction of sp³-hybridized carbons (Fsp3) is 0.429. The lowest BCUT2D eigenvalue weighted by atomic mass is 10.4. The van der Waals surface area contributed by atoms with Gasteiger partial charge < -0.3 is 10.2 Å². The van der Waals surface area contributed by atoms with Crippen molar-refractivity contribution in [1.82, 2.24) is 15.0 Å². The molecule has 0 unspecified atom stereocenters. The maximum atomic E-state index is 11.9. The predicted octanol–water partition coefficient (Wildman–Crippen LogP) is 2.57. The summed E-state index contributed by atoms with van der Waals surface area (Å²) in [6, 6.07) is 1.96. The minimum absolute atomic E-state index is 0.0688. The highest BCUT2D eigenvalue weighted by Gasteiger charge is 2.14. The van der Waals surface area contributed by atoms with Crippen LogP contribution in [-0.2, 0) is 4.79 Å². The van der Waals surface area contributed by atoms with Crippen molar-refractivity contribution >= 4 is 40.0 Å². The molecule has 1 aliphatic heterocycles. The highest BCUT2D eigenvalue weighted by atomic mass is 32.2. The van der Waals surface area contributed by atoms with Crippen LogP contribution < -0.4 is 10.2 Å². The lowest BCUT2D eigenvalue weighted by molar-refractivity contribution is -0.113. The number of rotatable bonds is 5. The number of anilines is 2. The Kier molecular flexibility index (Phi) is 4.89. The van der Waals surface area contributed by atoms with Crippen LogP contribution in [0.25, 0.3) is 0 Å². The number of aryl methyl sites for hydroxylation is 1. The highest BCUT2D eigenvalue weighted by molar-refractivity contribution is 7.99. The number of aromatic nitrogens is 3. The van der Waals surface area contributed by atoms with Gasteiger partial charge in [0.05, 0.1) is 11.4 Å².